The number of nitrogens with one attached hydrogen (secondary N) is 2. The first-order valence-electron chi connectivity index (χ1n) is 13.2. The molecule has 1 fully saturated rings. The van der Waals surface area contributed by atoms with Gasteiger partial charge in [0.05, 0.1) is 12.1 Å². The number of amides is 2. The molecule has 4 rings (SSSR count). The maximum atomic E-state index is 13.2. The van der Waals surface area contributed by atoms with Gasteiger partial charge in [0.15, 0.2) is 5.78 Å². The number of hydrogen-bond acceptors (Lipinski definition) is 4. The molecule has 7 heteroatoms. The van der Waals surface area contributed by atoms with Crippen LogP contribution in [0, 0.1) is 11.7 Å². The Labute approximate surface area is 223 Å². The van der Waals surface area contributed by atoms with Gasteiger partial charge in [-0.05, 0) is 87.0 Å². The fourth-order valence-corrected chi connectivity index (χ4v) is 5.02. The Morgan fingerprint density at radius 3 is 2.37 bits per heavy atom. The van der Waals surface area contributed by atoms with E-state index in [0.717, 1.165) is 43.5 Å². The number of ketones is 1. The molecule has 0 unspecified atom stereocenters. The molecule has 2 atom stereocenters. The molecule has 0 radical (unpaired) electrons. The third-order valence-electron chi connectivity index (χ3n) is 7.20. The number of carbonyl (C=O) groups excluding carboxylic acids is 2. The first-order chi connectivity index (χ1) is 18.4. The van der Waals surface area contributed by atoms with Gasteiger partial charge in [0, 0.05) is 17.8 Å². The Hall–Kier alpha value is -3.55. The van der Waals surface area contributed by atoms with Crippen molar-refractivity contribution in [3.63, 3.8) is 0 Å². The lowest BCUT2D eigenvalue weighted by atomic mass is 9.90. The van der Waals surface area contributed by atoms with Gasteiger partial charge in [-0.3, -0.25) is 4.79 Å². The van der Waals surface area contributed by atoms with Gasteiger partial charge in [0.25, 0.3) is 0 Å². The summed E-state index contributed by atoms with van der Waals surface area (Å²) in [5, 5.41) is 17.0. The van der Waals surface area contributed by atoms with Crippen LogP contribution >= 0.6 is 0 Å². The number of carbonyl (C=O) groups is 2. The van der Waals surface area contributed by atoms with E-state index in [1.165, 1.54) is 19.1 Å². The van der Waals surface area contributed by atoms with Crippen molar-refractivity contribution >= 4 is 17.5 Å². The average Bonchev–Trinajstić information content (AvgIpc) is 2.91. The van der Waals surface area contributed by atoms with Crippen LogP contribution in [0.2, 0.25) is 0 Å². The molecule has 38 heavy (non-hydrogen) atoms. The van der Waals surface area contributed by atoms with Gasteiger partial charge in [-0.25, -0.2) is 9.18 Å². The fraction of sp³-hybridized carbons (Fsp3) is 0.355. The van der Waals surface area contributed by atoms with E-state index in [-0.39, 0.29) is 11.6 Å². The number of piperidine rings is 1. The van der Waals surface area contributed by atoms with Crippen LogP contribution in [0.15, 0.2) is 78.9 Å². The highest BCUT2D eigenvalue weighted by molar-refractivity contribution is 5.96. The summed E-state index contributed by atoms with van der Waals surface area (Å²) < 4.78 is 13.2. The molecule has 0 saturated carbocycles. The number of benzene rings is 3. The number of likely N-dealkylation sites (tertiary alicyclic amines) is 1. The number of aliphatic hydroxyl groups is 1. The standard InChI is InChI=1S/C31H36FN3O3/c1-22(36)26-8-5-9-28(20-26)33-31(38)34-29(19-23-6-3-2-4-7-23)30(37)21-35-16-14-25(15-17-35)18-24-10-12-27(32)13-11-24/h2-13,20,25,29-30,37H,14-19,21H2,1H3,(H2,33,34,38)/t29-,30+/m0/s1. The van der Waals surface area contributed by atoms with Gasteiger partial charge in [-0.1, -0.05) is 54.6 Å². The monoisotopic (exact) mass is 517 g/mol. The molecule has 6 nitrogen and oxygen atoms in total. The van der Waals surface area contributed by atoms with Gasteiger partial charge in [0.1, 0.15) is 5.82 Å². The molecule has 1 saturated heterocycles. The maximum Gasteiger partial charge on any atom is 0.319 e. The largest absolute Gasteiger partial charge is 0.390 e. The lowest BCUT2D eigenvalue weighted by Gasteiger charge is -2.35. The summed E-state index contributed by atoms with van der Waals surface area (Å²) in [5.74, 6) is 0.242. The van der Waals surface area contributed by atoms with Gasteiger partial charge in [-0.15, -0.1) is 0 Å². The van der Waals surface area contributed by atoms with Crippen molar-refractivity contribution in [1.29, 1.82) is 0 Å². The molecule has 3 aromatic rings. The van der Waals surface area contributed by atoms with Crippen molar-refractivity contribution in [2.24, 2.45) is 5.92 Å². The van der Waals surface area contributed by atoms with Crippen molar-refractivity contribution in [3.8, 4) is 0 Å². The number of Topliss-reactive ketones (excluding diaryl/α,β-unsaturated/α-hetero) is 1. The fourth-order valence-electron chi connectivity index (χ4n) is 5.02. The molecule has 3 aromatic carbocycles. The molecule has 0 bridgehead atoms. The smallest absolute Gasteiger partial charge is 0.319 e. The molecule has 1 aliphatic heterocycles. The van der Waals surface area contributed by atoms with Crippen LogP contribution in [0.3, 0.4) is 0 Å². The summed E-state index contributed by atoms with van der Waals surface area (Å²) in [6, 6.07) is 22.4. The molecule has 200 valence electrons. The van der Waals surface area contributed by atoms with E-state index in [9.17, 15) is 19.1 Å². The van der Waals surface area contributed by atoms with Crippen molar-refractivity contribution < 1.29 is 19.1 Å². The summed E-state index contributed by atoms with van der Waals surface area (Å²) in [6.45, 7) is 3.67. The SMILES string of the molecule is CC(=O)c1cccc(NC(=O)N[C@@H](Cc2ccccc2)[C@H](O)CN2CCC(Cc3ccc(F)cc3)CC2)c1. The summed E-state index contributed by atoms with van der Waals surface area (Å²) in [4.78, 5) is 26.8. The highest BCUT2D eigenvalue weighted by Crippen LogP contribution is 2.22. The molecular formula is C31H36FN3O3. The van der Waals surface area contributed by atoms with Crippen molar-refractivity contribution in [2.75, 3.05) is 25.0 Å². The van der Waals surface area contributed by atoms with E-state index < -0.39 is 18.2 Å². The molecule has 1 aliphatic rings. The van der Waals surface area contributed by atoms with Gasteiger partial charge in [-0.2, -0.15) is 0 Å². The molecule has 0 aromatic heterocycles. The highest BCUT2D eigenvalue weighted by atomic mass is 19.1. The van der Waals surface area contributed by atoms with Crippen LogP contribution in [0.4, 0.5) is 14.9 Å². The Balaban J connectivity index is 1.34. The topological polar surface area (TPSA) is 81.7 Å². The number of rotatable bonds is 10. The van der Waals surface area contributed by atoms with E-state index in [1.807, 2.05) is 42.5 Å². The number of aliphatic hydroxyl groups excluding tert-OH is 1. The quantitative estimate of drug-likeness (QED) is 0.328. The number of β-amino-alcohol motifs (C(OH)–C–C–N with tert-alkyl or cyclic N) is 1. The van der Waals surface area contributed by atoms with Crippen LogP contribution in [0.25, 0.3) is 0 Å². The molecular weight excluding hydrogens is 481 g/mol. The lowest BCUT2D eigenvalue weighted by molar-refractivity contribution is 0.0659. The van der Waals surface area contributed by atoms with E-state index >= 15 is 0 Å². The first-order valence-corrected chi connectivity index (χ1v) is 13.2. The minimum Gasteiger partial charge on any atom is -0.390 e. The number of urea groups is 1. The Morgan fingerprint density at radius 2 is 1.68 bits per heavy atom. The van der Waals surface area contributed by atoms with Crippen LogP contribution in [0.5, 0.6) is 0 Å². The first kappa shape index (κ1) is 27.5. The van der Waals surface area contributed by atoms with Crippen molar-refractivity contribution in [2.45, 2.75) is 44.8 Å². The lowest BCUT2D eigenvalue weighted by Crippen LogP contribution is -2.51. The van der Waals surface area contributed by atoms with Crippen molar-refractivity contribution in [1.82, 2.24) is 10.2 Å². The Kier molecular flexibility index (Phi) is 9.62. The zero-order chi connectivity index (χ0) is 26.9. The van der Waals surface area contributed by atoms with Crippen LogP contribution in [0.1, 0.15) is 41.3 Å². The molecule has 1 heterocycles. The van der Waals surface area contributed by atoms with Crippen LogP contribution in [-0.2, 0) is 12.8 Å². The summed E-state index contributed by atoms with van der Waals surface area (Å²) in [7, 11) is 0. The van der Waals surface area contributed by atoms with Crippen molar-refractivity contribution in [3.05, 3.63) is 101 Å². The molecule has 0 spiro atoms. The van der Waals surface area contributed by atoms with Crippen LogP contribution in [-0.4, -0.2) is 53.6 Å². The second-order valence-electron chi connectivity index (χ2n) is 10.2. The zero-order valence-corrected chi connectivity index (χ0v) is 21.8. The molecule has 0 aliphatic carbocycles. The van der Waals surface area contributed by atoms with Crippen LogP contribution < -0.4 is 10.6 Å². The minimum absolute atomic E-state index is 0.0760. The summed E-state index contributed by atoms with van der Waals surface area (Å²) >= 11 is 0. The van der Waals surface area contributed by atoms with E-state index in [0.29, 0.717) is 30.1 Å². The van der Waals surface area contributed by atoms with Gasteiger partial charge >= 0.3 is 6.03 Å². The predicted molar refractivity (Wildman–Crippen MR) is 148 cm³/mol. The maximum absolute atomic E-state index is 13.2. The number of anilines is 1. The van der Waals surface area contributed by atoms with Gasteiger partial charge < -0.3 is 20.6 Å². The summed E-state index contributed by atoms with van der Waals surface area (Å²) in [6.07, 6.45) is 2.67. The Bertz CT molecular complexity index is 1190. The zero-order valence-electron chi connectivity index (χ0n) is 21.8. The number of nitrogens with zero attached hydrogens (tertiary/aromatic N) is 1. The van der Waals surface area contributed by atoms with E-state index in [1.54, 1.807) is 24.3 Å². The Morgan fingerprint density at radius 1 is 0.974 bits per heavy atom. The highest BCUT2D eigenvalue weighted by Gasteiger charge is 2.27. The number of halogens is 1. The van der Waals surface area contributed by atoms with Gasteiger partial charge in [0.2, 0.25) is 0 Å². The second-order valence-corrected chi connectivity index (χ2v) is 10.2. The predicted octanol–water partition coefficient (Wildman–Crippen LogP) is 5.08. The molecule has 3 N–H and O–H groups in total. The van der Waals surface area contributed by atoms with E-state index in [4.69, 9.17) is 0 Å². The third-order valence-corrected chi connectivity index (χ3v) is 7.20. The number of hydrogen-bond donors (Lipinski definition) is 3. The molecule has 2 amide bonds. The normalized spacial score (nSPS) is 16.0. The third kappa shape index (κ3) is 8.23. The van der Waals surface area contributed by atoms with E-state index in [2.05, 4.69) is 15.5 Å². The summed E-state index contributed by atoms with van der Waals surface area (Å²) in [5.41, 5.74) is 3.21. The second kappa shape index (κ2) is 13.3. The minimum atomic E-state index is -0.766. The average molecular weight is 518 g/mol.